The molecule has 2 aliphatic heterocycles. The van der Waals surface area contributed by atoms with Gasteiger partial charge in [0.1, 0.15) is 0 Å². The van der Waals surface area contributed by atoms with E-state index in [1.54, 1.807) is 0 Å². The molecule has 2 fully saturated rings. The standard InChI is InChI=1S/C13H26N2/c1-3-14-9-6-13(7-10-14)15-8-4-5-12(2)11-15/h12-13H,3-11H2,1-2H3/t12-/m1/s1. The second-order valence-corrected chi connectivity index (χ2v) is 5.41. The van der Waals surface area contributed by atoms with E-state index in [1.165, 1.54) is 58.4 Å². The highest BCUT2D eigenvalue weighted by Crippen LogP contribution is 2.23. The summed E-state index contributed by atoms with van der Waals surface area (Å²) in [7, 11) is 0. The zero-order chi connectivity index (χ0) is 10.7. The quantitative estimate of drug-likeness (QED) is 0.689. The van der Waals surface area contributed by atoms with Crippen LogP contribution in [0.5, 0.6) is 0 Å². The van der Waals surface area contributed by atoms with Crippen LogP contribution < -0.4 is 0 Å². The van der Waals surface area contributed by atoms with Crippen molar-refractivity contribution in [1.82, 2.24) is 9.80 Å². The van der Waals surface area contributed by atoms with Crippen molar-refractivity contribution in [3.8, 4) is 0 Å². The molecule has 0 bridgehead atoms. The summed E-state index contributed by atoms with van der Waals surface area (Å²) >= 11 is 0. The number of rotatable bonds is 2. The Hall–Kier alpha value is -0.0800. The Morgan fingerprint density at radius 1 is 1.07 bits per heavy atom. The second kappa shape index (κ2) is 5.31. The highest BCUT2D eigenvalue weighted by atomic mass is 15.2. The summed E-state index contributed by atoms with van der Waals surface area (Å²) in [5, 5.41) is 0. The molecule has 0 aliphatic carbocycles. The van der Waals surface area contributed by atoms with E-state index >= 15 is 0 Å². The number of hydrogen-bond donors (Lipinski definition) is 0. The van der Waals surface area contributed by atoms with Gasteiger partial charge in [0, 0.05) is 12.6 Å². The van der Waals surface area contributed by atoms with Crippen molar-refractivity contribution in [3.05, 3.63) is 0 Å². The van der Waals surface area contributed by atoms with Crippen LogP contribution in [0.3, 0.4) is 0 Å². The van der Waals surface area contributed by atoms with Gasteiger partial charge in [-0.25, -0.2) is 0 Å². The number of piperidine rings is 2. The number of hydrogen-bond acceptors (Lipinski definition) is 2. The minimum absolute atomic E-state index is 0.899. The molecule has 1 atom stereocenters. The first-order chi connectivity index (χ1) is 7.29. The summed E-state index contributed by atoms with van der Waals surface area (Å²) < 4.78 is 0. The molecular formula is C13H26N2. The summed E-state index contributed by atoms with van der Waals surface area (Å²) in [5.74, 6) is 0.933. The first kappa shape index (κ1) is 11.4. The summed E-state index contributed by atoms with van der Waals surface area (Å²) in [6.45, 7) is 11.3. The summed E-state index contributed by atoms with van der Waals surface area (Å²) in [4.78, 5) is 5.35. The predicted molar refractivity (Wildman–Crippen MR) is 65.1 cm³/mol. The van der Waals surface area contributed by atoms with E-state index in [4.69, 9.17) is 0 Å². The van der Waals surface area contributed by atoms with Crippen LogP contribution in [0.1, 0.15) is 39.5 Å². The van der Waals surface area contributed by atoms with E-state index in [0.717, 1.165) is 12.0 Å². The van der Waals surface area contributed by atoms with Crippen molar-refractivity contribution < 1.29 is 0 Å². The van der Waals surface area contributed by atoms with Crippen LogP contribution in [-0.2, 0) is 0 Å². The predicted octanol–water partition coefficient (Wildman–Crippen LogP) is 2.20. The third kappa shape index (κ3) is 2.94. The molecule has 2 nitrogen and oxygen atoms in total. The van der Waals surface area contributed by atoms with Crippen LogP contribution in [0.25, 0.3) is 0 Å². The molecule has 2 heteroatoms. The molecule has 2 rings (SSSR count). The van der Waals surface area contributed by atoms with E-state index in [0.29, 0.717) is 0 Å². The van der Waals surface area contributed by atoms with Crippen LogP contribution in [0.4, 0.5) is 0 Å². The molecule has 88 valence electrons. The maximum Gasteiger partial charge on any atom is 0.0120 e. The molecule has 0 N–H and O–H groups in total. The zero-order valence-electron chi connectivity index (χ0n) is 10.4. The third-order valence-electron chi connectivity index (χ3n) is 4.21. The first-order valence-electron chi connectivity index (χ1n) is 6.76. The molecule has 0 aromatic carbocycles. The molecular weight excluding hydrogens is 184 g/mol. The lowest BCUT2D eigenvalue weighted by Crippen LogP contribution is -2.48. The Bertz CT molecular complexity index is 185. The van der Waals surface area contributed by atoms with Crippen molar-refractivity contribution in [3.63, 3.8) is 0 Å². The molecule has 0 amide bonds. The Kier molecular flexibility index (Phi) is 4.04. The highest BCUT2D eigenvalue weighted by Gasteiger charge is 2.26. The molecule has 0 aromatic rings. The van der Waals surface area contributed by atoms with Gasteiger partial charge in [-0.15, -0.1) is 0 Å². The van der Waals surface area contributed by atoms with Crippen LogP contribution in [-0.4, -0.2) is 48.6 Å². The summed E-state index contributed by atoms with van der Waals surface area (Å²) in [5.41, 5.74) is 0. The lowest BCUT2D eigenvalue weighted by molar-refractivity contribution is 0.0770. The van der Waals surface area contributed by atoms with Crippen molar-refractivity contribution >= 4 is 0 Å². The van der Waals surface area contributed by atoms with Gasteiger partial charge < -0.3 is 9.80 Å². The average molecular weight is 210 g/mol. The maximum atomic E-state index is 2.77. The molecule has 0 radical (unpaired) electrons. The van der Waals surface area contributed by atoms with Gasteiger partial charge in [0.05, 0.1) is 0 Å². The fourth-order valence-corrected chi connectivity index (χ4v) is 3.16. The van der Waals surface area contributed by atoms with Crippen LogP contribution in [0.2, 0.25) is 0 Å². The van der Waals surface area contributed by atoms with Crippen molar-refractivity contribution in [1.29, 1.82) is 0 Å². The van der Waals surface area contributed by atoms with Gasteiger partial charge in [-0.1, -0.05) is 13.8 Å². The van der Waals surface area contributed by atoms with E-state index < -0.39 is 0 Å². The molecule has 2 aliphatic rings. The molecule has 0 aromatic heterocycles. The van der Waals surface area contributed by atoms with E-state index in [2.05, 4.69) is 23.6 Å². The van der Waals surface area contributed by atoms with E-state index in [1.807, 2.05) is 0 Å². The lowest BCUT2D eigenvalue weighted by Gasteiger charge is -2.41. The zero-order valence-corrected chi connectivity index (χ0v) is 10.4. The molecule has 0 spiro atoms. The minimum Gasteiger partial charge on any atom is -0.303 e. The Balaban J connectivity index is 1.79. The van der Waals surface area contributed by atoms with Gasteiger partial charge in [-0.05, 0) is 57.8 Å². The topological polar surface area (TPSA) is 6.48 Å². The monoisotopic (exact) mass is 210 g/mol. The third-order valence-corrected chi connectivity index (χ3v) is 4.21. The smallest absolute Gasteiger partial charge is 0.0120 e. The molecule has 2 saturated heterocycles. The average Bonchev–Trinajstić information content (AvgIpc) is 2.29. The van der Waals surface area contributed by atoms with E-state index in [-0.39, 0.29) is 0 Å². The molecule has 0 unspecified atom stereocenters. The van der Waals surface area contributed by atoms with Gasteiger partial charge in [0.2, 0.25) is 0 Å². The fraction of sp³-hybridized carbons (Fsp3) is 1.00. The minimum atomic E-state index is 0.899. The fourth-order valence-electron chi connectivity index (χ4n) is 3.16. The SMILES string of the molecule is CCN1CCC(N2CCC[C@@H](C)C2)CC1. The number of nitrogens with zero attached hydrogens (tertiary/aromatic N) is 2. The van der Waals surface area contributed by atoms with E-state index in [9.17, 15) is 0 Å². The summed E-state index contributed by atoms with van der Waals surface area (Å²) in [6, 6.07) is 0.899. The highest BCUT2D eigenvalue weighted by molar-refractivity contribution is 4.82. The summed E-state index contributed by atoms with van der Waals surface area (Å²) in [6.07, 6.45) is 5.68. The normalized spacial score (nSPS) is 32.0. The Morgan fingerprint density at radius 3 is 2.40 bits per heavy atom. The van der Waals surface area contributed by atoms with Crippen molar-refractivity contribution in [2.75, 3.05) is 32.7 Å². The Labute approximate surface area is 94.6 Å². The van der Waals surface area contributed by atoms with Crippen molar-refractivity contribution in [2.24, 2.45) is 5.92 Å². The lowest BCUT2D eigenvalue weighted by atomic mass is 9.95. The Morgan fingerprint density at radius 2 is 1.80 bits per heavy atom. The van der Waals surface area contributed by atoms with Crippen molar-refractivity contribution in [2.45, 2.75) is 45.6 Å². The van der Waals surface area contributed by atoms with Gasteiger partial charge in [-0.3, -0.25) is 0 Å². The molecule has 2 heterocycles. The van der Waals surface area contributed by atoms with Gasteiger partial charge in [0.25, 0.3) is 0 Å². The number of likely N-dealkylation sites (tertiary alicyclic amines) is 2. The molecule has 15 heavy (non-hydrogen) atoms. The maximum absolute atomic E-state index is 2.77. The molecule has 0 saturated carbocycles. The second-order valence-electron chi connectivity index (χ2n) is 5.41. The van der Waals surface area contributed by atoms with Gasteiger partial charge in [0.15, 0.2) is 0 Å². The van der Waals surface area contributed by atoms with Crippen LogP contribution >= 0.6 is 0 Å². The van der Waals surface area contributed by atoms with Gasteiger partial charge >= 0.3 is 0 Å². The van der Waals surface area contributed by atoms with Crippen LogP contribution in [0, 0.1) is 5.92 Å². The van der Waals surface area contributed by atoms with Crippen LogP contribution in [0.15, 0.2) is 0 Å². The first-order valence-corrected chi connectivity index (χ1v) is 6.76. The van der Waals surface area contributed by atoms with Gasteiger partial charge in [-0.2, -0.15) is 0 Å². The largest absolute Gasteiger partial charge is 0.303 e.